The van der Waals surface area contributed by atoms with Gasteiger partial charge in [0.25, 0.3) is 0 Å². The average molecular weight is 347 g/mol. The lowest BCUT2D eigenvalue weighted by atomic mass is 9.96. The van der Waals surface area contributed by atoms with E-state index >= 15 is 0 Å². The van der Waals surface area contributed by atoms with Gasteiger partial charge in [0, 0.05) is 19.3 Å². The molecule has 1 aromatic carbocycles. The number of para-hydroxylation sites is 1. The summed E-state index contributed by atoms with van der Waals surface area (Å²) in [7, 11) is 2.03. The molecule has 0 bridgehead atoms. The van der Waals surface area contributed by atoms with Crippen molar-refractivity contribution in [2.75, 3.05) is 23.8 Å². The molecule has 2 N–H and O–H groups in total. The number of halogens is 3. The molecule has 3 aromatic rings. The van der Waals surface area contributed by atoms with Crippen LogP contribution in [0.5, 0.6) is 0 Å². The third-order valence-corrected chi connectivity index (χ3v) is 4.52. The van der Waals surface area contributed by atoms with Crippen molar-refractivity contribution in [2.24, 2.45) is 0 Å². The highest BCUT2D eigenvalue weighted by molar-refractivity contribution is 5.88. The summed E-state index contributed by atoms with van der Waals surface area (Å²) >= 11 is 0. The molecular weight excluding hydrogens is 331 g/mol. The zero-order valence-electron chi connectivity index (χ0n) is 13.4. The summed E-state index contributed by atoms with van der Waals surface area (Å²) in [6, 6.07) is 9.03. The maximum Gasteiger partial charge on any atom is 0.431 e. The Morgan fingerprint density at radius 1 is 1.24 bits per heavy atom. The van der Waals surface area contributed by atoms with Crippen molar-refractivity contribution in [3.05, 3.63) is 47.9 Å². The summed E-state index contributed by atoms with van der Waals surface area (Å²) in [6.07, 6.45) is -2.35. The molecule has 0 unspecified atom stereocenters. The van der Waals surface area contributed by atoms with E-state index in [2.05, 4.69) is 25.2 Å². The van der Waals surface area contributed by atoms with Crippen molar-refractivity contribution in [3.8, 4) is 0 Å². The molecule has 130 valence electrons. The number of benzene rings is 1. The monoisotopic (exact) mass is 347 g/mol. The highest BCUT2D eigenvalue weighted by Gasteiger charge is 2.33. The second-order valence-electron chi connectivity index (χ2n) is 6.13. The van der Waals surface area contributed by atoms with Gasteiger partial charge in [-0.05, 0) is 24.1 Å². The number of rotatable bonds is 2. The van der Waals surface area contributed by atoms with Crippen LogP contribution in [-0.2, 0) is 6.18 Å². The first-order chi connectivity index (χ1) is 11.9. The van der Waals surface area contributed by atoms with Gasteiger partial charge < -0.3 is 15.2 Å². The molecule has 0 spiro atoms. The van der Waals surface area contributed by atoms with E-state index in [0.717, 1.165) is 30.3 Å². The van der Waals surface area contributed by atoms with E-state index < -0.39 is 11.9 Å². The van der Waals surface area contributed by atoms with Crippen molar-refractivity contribution >= 4 is 22.5 Å². The fraction of sp³-hybridized carbons (Fsp3) is 0.294. The largest absolute Gasteiger partial charge is 0.431 e. The lowest BCUT2D eigenvalue weighted by molar-refractivity contribution is -0.140. The van der Waals surface area contributed by atoms with E-state index in [4.69, 9.17) is 0 Å². The number of hydrogen-bond acceptors (Lipinski definition) is 4. The van der Waals surface area contributed by atoms with Gasteiger partial charge in [-0.3, -0.25) is 0 Å². The average Bonchev–Trinajstić information content (AvgIpc) is 3.03. The van der Waals surface area contributed by atoms with E-state index in [-0.39, 0.29) is 11.7 Å². The standard InChI is InChI=1S/C17H16F3N5/c1-25-7-6-12(10-4-2-3-5-13(10)25)23-15-11-8-14(17(18,19)20)24-16(11)22-9-21-15/h2-5,8-9,12H,6-7H2,1H3,(H2,21,22,23,24)/t12-/m1/s1. The number of alkyl halides is 3. The van der Waals surface area contributed by atoms with Gasteiger partial charge in [-0.2, -0.15) is 13.2 Å². The van der Waals surface area contributed by atoms with Crippen molar-refractivity contribution in [1.29, 1.82) is 0 Å². The normalized spacial score (nSPS) is 17.6. The zero-order valence-corrected chi connectivity index (χ0v) is 13.4. The lowest BCUT2D eigenvalue weighted by Crippen LogP contribution is -2.30. The topological polar surface area (TPSA) is 56.8 Å². The van der Waals surface area contributed by atoms with Gasteiger partial charge in [0.05, 0.1) is 11.4 Å². The lowest BCUT2D eigenvalue weighted by Gasteiger charge is -2.33. The van der Waals surface area contributed by atoms with Gasteiger partial charge in [0.2, 0.25) is 0 Å². The van der Waals surface area contributed by atoms with Gasteiger partial charge in [-0.25, -0.2) is 9.97 Å². The summed E-state index contributed by atoms with van der Waals surface area (Å²) in [5.41, 5.74) is 1.57. The number of aromatic amines is 1. The van der Waals surface area contributed by atoms with E-state index in [1.807, 2.05) is 31.3 Å². The summed E-state index contributed by atoms with van der Waals surface area (Å²) in [6.45, 7) is 0.851. The molecule has 4 rings (SSSR count). The fourth-order valence-corrected chi connectivity index (χ4v) is 3.25. The number of fused-ring (bicyclic) bond motifs is 2. The van der Waals surface area contributed by atoms with Crippen LogP contribution in [0.1, 0.15) is 23.7 Å². The van der Waals surface area contributed by atoms with Crippen molar-refractivity contribution in [1.82, 2.24) is 15.0 Å². The Kier molecular flexibility index (Phi) is 3.55. The van der Waals surface area contributed by atoms with Gasteiger partial charge >= 0.3 is 6.18 Å². The first-order valence-electron chi connectivity index (χ1n) is 7.91. The predicted molar refractivity (Wildman–Crippen MR) is 89.6 cm³/mol. The third-order valence-electron chi connectivity index (χ3n) is 4.52. The Morgan fingerprint density at radius 2 is 2.04 bits per heavy atom. The number of anilines is 2. The number of hydrogen-bond donors (Lipinski definition) is 2. The minimum Gasteiger partial charge on any atom is -0.374 e. The van der Waals surface area contributed by atoms with Crippen LogP contribution in [-0.4, -0.2) is 28.5 Å². The number of aromatic nitrogens is 3. The van der Waals surface area contributed by atoms with Crippen LogP contribution in [0, 0.1) is 0 Å². The molecule has 0 saturated heterocycles. The van der Waals surface area contributed by atoms with Gasteiger partial charge in [-0.1, -0.05) is 18.2 Å². The minimum absolute atomic E-state index is 0.0188. The molecule has 3 heterocycles. The second-order valence-corrected chi connectivity index (χ2v) is 6.13. The van der Waals surface area contributed by atoms with Crippen LogP contribution < -0.4 is 10.2 Å². The second kappa shape index (κ2) is 5.65. The van der Waals surface area contributed by atoms with Crippen molar-refractivity contribution in [3.63, 3.8) is 0 Å². The van der Waals surface area contributed by atoms with Crippen molar-refractivity contribution < 1.29 is 13.2 Å². The maximum absolute atomic E-state index is 13.0. The van der Waals surface area contributed by atoms with Gasteiger partial charge in [0.1, 0.15) is 23.5 Å². The Balaban J connectivity index is 1.72. The molecule has 0 radical (unpaired) electrons. The van der Waals surface area contributed by atoms with Gasteiger partial charge in [0.15, 0.2) is 0 Å². The molecule has 2 aromatic heterocycles. The van der Waals surface area contributed by atoms with Crippen LogP contribution in [0.2, 0.25) is 0 Å². The van der Waals surface area contributed by atoms with Crippen LogP contribution in [0.3, 0.4) is 0 Å². The third kappa shape index (κ3) is 2.77. The smallest absolute Gasteiger partial charge is 0.374 e. The summed E-state index contributed by atoms with van der Waals surface area (Å²) < 4.78 is 38.9. The first-order valence-corrected chi connectivity index (χ1v) is 7.91. The molecule has 5 nitrogen and oxygen atoms in total. The summed E-state index contributed by atoms with van der Waals surface area (Å²) in [4.78, 5) is 12.6. The first kappa shape index (κ1) is 15.7. The Morgan fingerprint density at radius 3 is 2.84 bits per heavy atom. The molecular formula is C17H16F3N5. The van der Waals surface area contributed by atoms with Crippen molar-refractivity contribution in [2.45, 2.75) is 18.6 Å². The van der Waals surface area contributed by atoms with Crippen LogP contribution in [0.25, 0.3) is 11.0 Å². The number of nitrogens with one attached hydrogen (secondary N) is 2. The quantitative estimate of drug-likeness (QED) is 0.736. The number of nitrogens with zero attached hydrogens (tertiary/aromatic N) is 3. The van der Waals surface area contributed by atoms with Gasteiger partial charge in [-0.15, -0.1) is 0 Å². The zero-order chi connectivity index (χ0) is 17.6. The summed E-state index contributed by atoms with van der Waals surface area (Å²) in [5.74, 6) is 0.404. The SMILES string of the molecule is CN1CC[C@@H](Nc2ncnc3[nH]c(C(F)(F)F)cc23)c2ccccc21. The molecule has 1 aliphatic rings. The number of H-pyrrole nitrogens is 1. The van der Waals surface area contributed by atoms with Crippen LogP contribution in [0.4, 0.5) is 24.7 Å². The highest BCUT2D eigenvalue weighted by atomic mass is 19.4. The van der Waals surface area contributed by atoms with E-state index in [1.54, 1.807) is 0 Å². The van der Waals surface area contributed by atoms with Crippen LogP contribution in [0.15, 0.2) is 36.7 Å². The van der Waals surface area contributed by atoms with E-state index in [0.29, 0.717) is 11.2 Å². The molecule has 0 aliphatic carbocycles. The molecule has 1 atom stereocenters. The maximum atomic E-state index is 13.0. The van der Waals surface area contributed by atoms with E-state index in [1.165, 1.54) is 6.33 Å². The van der Waals surface area contributed by atoms with Crippen LogP contribution >= 0.6 is 0 Å². The molecule has 0 saturated carbocycles. The Labute approximate surface area is 141 Å². The highest BCUT2D eigenvalue weighted by Crippen LogP contribution is 2.37. The predicted octanol–water partition coefficient (Wildman–Crippen LogP) is 3.97. The molecule has 0 fully saturated rings. The molecule has 1 aliphatic heterocycles. The Hall–Kier alpha value is -2.77. The molecule has 0 amide bonds. The molecule has 8 heteroatoms. The van der Waals surface area contributed by atoms with E-state index in [9.17, 15) is 13.2 Å². The minimum atomic E-state index is -4.45. The Bertz CT molecular complexity index is 918. The molecule has 25 heavy (non-hydrogen) atoms. The summed E-state index contributed by atoms with van der Waals surface area (Å²) in [5, 5.41) is 3.64. The fourth-order valence-electron chi connectivity index (χ4n) is 3.25.